The number of benzene rings is 2. The van der Waals surface area contributed by atoms with Gasteiger partial charge in [0, 0.05) is 28.7 Å². The predicted octanol–water partition coefficient (Wildman–Crippen LogP) is 1.94. The fourth-order valence-corrected chi connectivity index (χ4v) is 5.23. The summed E-state index contributed by atoms with van der Waals surface area (Å²) in [5, 5.41) is 0. The highest BCUT2D eigenvalue weighted by Crippen LogP contribution is 2.21. The number of halogens is 1. The largest absolute Gasteiger partial charge is 0.360 e. The second-order valence-electron chi connectivity index (χ2n) is 9.19. The van der Waals surface area contributed by atoms with Gasteiger partial charge in [-0.1, -0.05) is 64.5 Å². The summed E-state index contributed by atoms with van der Waals surface area (Å²) in [5.74, 6) is 0.416. The van der Waals surface area contributed by atoms with Gasteiger partial charge < -0.3 is 5.73 Å². The number of H-pyrrole nitrogens is 1. The van der Waals surface area contributed by atoms with E-state index in [0.717, 1.165) is 39.9 Å². The molecule has 1 fully saturated rings. The fourth-order valence-electron chi connectivity index (χ4n) is 4.82. The van der Waals surface area contributed by atoms with Crippen LogP contribution in [0.15, 0.2) is 68.7 Å². The molecule has 1 aliphatic rings. The molecule has 0 aliphatic carbocycles. The summed E-state index contributed by atoms with van der Waals surface area (Å²) >= 11 is 3.61. The first-order chi connectivity index (χ1) is 17.3. The third kappa shape index (κ3) is 4.42. The zero-order valence-corrected chi connectivity index (χ0v) is 21.6. The third-order valence-electron chi connectivity index (χ3n) is 6.72. The molecule has 1 aliphatic heterocycles. The Morgan fingerprint density at radius 1 is 1.14 bits per heavy atom. The molecule has 1 atom stereocenters. The highest BCUT2D eigenvalue weighted by Gasteiger charge is 2.32. The van der Waals surface area contributed by atoms with Crippen molar-refractivity contribution in [3.8, 4) is 0 Å². The molecule has 186 valence electrons. The van der Waals surface area contributed by atoms with Crippen LogP contribution in [-0.2, 0) is 20.1 Å². The smallest absolute Gasteiger partial charge is 0.325 e. The molecule has 0 saturated carbocycles. The Bertz CT molecular complexity index is 1560. The maximum atomic E-state index is 13.8. The number of hydrogen-bond donors (Lipinski definition) is 2. The van der Waals surface area contributed by atoms with Crippen molar-refractivity contribution < 1.29 is 9.36 Å². The molecular formula is C26H28BrN6O3+. The Morgan fingerprint density at radius 2 is 1.86 bits per heavy atom. The molecule has 3 heterocycles. The average molecular weight is 552 g/mol. The van der Waals surface area contributed by atoms with Crippen LogP contribution in [0, 0.1) is 0 Å². The summed E-state index contributed by atoms with van der Waals surface area (Å²) < 4.78 is 5.24. The number of nitrogens with one attached hydrogen (secondary N) is 1. The molecule has 36 heavy (non-hydrogen) atoms. The van der Waals surface area contributed by atoms with E-state index in [9.17, 15) is 14.4 Å². The molecular weight excluding hydrogens is 524 g/mol. The number of ketones is 1. The average Bonchev–Trinajstić information content (AvgIpc) is 3.26. The molecule has 0 unspecified atom stereocenters. The van der Waals surface area contributed by atoms with Gasteiger partial charge in [0.05, 0.1) is 26.2 Å². The maximum Gasteiger partial charge on any atom is 0.360 e. The molecule has 4 aromatic rings. The van der Waals surface area contributed by atoms with E-state index in [1.165, 1.54) is 4.57 Å². The molecule has 10 heteroatoms. The van der Waals surface area contributed by atoms with Crippen molar-refractivity contribution in [3.05, 3.63) is 91.0 Å². The van der Waals surface area contributed by atoms with Crippen molar-refractivity contribution in [2.45, 2.75) is 32.0 Å². The minimum absolute atomic E-state index is 0.0195. The Labute approximate surface area is 215 Å². The molecule has 3 N–H and O–H groups in total. The number of rotatable bonds is 6. The highest BCUT2D eigenvalue weighted by molar-refractivity contribution is 9.10. The van der Waals surface area contributed by atoms with E-state index in [1.807, 2.05) is 34.9 Å². The van der Waals surface area contributed by atoms with Crippen molar-refractivity contribution in [1.82, 2.24) is 14.1 Å². The van der Waals surface area contributed by atoms with Crippen molar-refractivity contribution in [3.63, 3.8) is 0 Å². The van der Waals surface area contributed by atoms with Gasteiger partial charge in [0.2, 0.25) is 11.2 Å². The summed E-state index contributed by atoms with van der Waals surface area (Å²) in [6.07, 6.45) is 1.87. The van der Waals surface area contributed by atoms with Crippen LogP contribution >= 0.6 is 15.9 Å². The summed E-state index contributed by atoms with van der Waals surface area (Å²) in [5.41, 5.74) is 7.39. The minimum Gasteiger partial charge on any atom is -0.325 e. The molecule has 2 aromatic heterocycles. The Hall–Kier alpha value is -3.50. The van der Waals surface area contributed by atoms with Gasteiger partial charge in [-0.3, -0.25) is 19.1 Å². The van der Waals surface area contributed by atoms with Crippen molar-refractivity contribution in [1.29, 1.82) is 0 Å². The Kier molecular flexibility index (Phi) is 6.63. The lowest BCUT2D eigenvalue weighted by Gasteiger charge is -2.26. The first-order valence-corrected chi connectivity index (χ1v) is 12.7. The number of nitrogens with two attached hydrogens (primary N) is 1. The lowest BCUT2D eigenvalue weighted by molar-refractivity contribution is -0.650. The van der Waals surface area contributed by atoms with Crippen LogP contribution in [0.25, 0.3) is 11.2 Å². The third-order valence-corrected chi connectivity index (χ3v) is 7.50. The number of aromatic nitrogens is 4. The quantitative estimate of drug-likeness (QED) is 0.281. The monoisotopic (exact) mass is 551 g/mol. The fraction of sp³-hybridized carbons (Fsp3) is 0.308. The summed E-state index contributed by atoms with van der Waals surface area (Å²) in [4.78, 5) is 45.5. The van der Waals surface area contributed by atoms with Gasteiger partial charge in [0.25, 0.3) is 5.56 Å². The number of imidazole rings is 1. The predicted molar refractivity (Wildman–Crippen MR) is 141 cm³/mol. The Morgan fingerprint density at radius 3 is 2.58 bits per heavy atom. The SMILES string of the molecule is Cn1c(=O)n(CC(=O)c2ccccc2)c(=O)c2c1[nH]c(N1CCC[C@@H](N)C1)[n+]2Cc1ccccc1Br. The van der Waals surface area contributed by atoms with E-state index in [-0.39, 0.29) is 18.4 Å². The number of piperidine rings is 1. The van der Waals surface area contributed by atoms with E-state index in [1.54, 1.807) is 31.3 Å². The van der Waals surface area contributed by atoms with Crippen molar-refractivity contribution >= 4 is 38.8 Å². The van der Waals surface area contributed by atoms with E-state index in [2.05, 4.69) is 25.8 Å². The second kappa shape index (κ2) is 9.87. The number of carbonyl (C=O) groups is 1. The molecule has 2 aromatic carbocycles. The van der Waals surface area contributed by atoms with Crippen LogP contribution in [0.3, 0.4) is 0 Å². The van der Waals surface area contributed by atoms with Gasteiger partial charge in [-0.15, -0.1) is 0 Å². The van der Waals surface area contributed by atoms with Crippen molar-refractivity contribution in [2.75, 3.05) is 18.0 Å². The van der Waals surface area contributed by atoms with Crippen molar-refractivity contribution in [2.24, 2.45) is 12.8 Å². The van der Waals surface area contributed by atoms with Gasteiger partial charge >= 0.3 is 11.6 Å². The van der Waals surface area contributed by atoms with Crippen LogP contribution < -0.4 is 26.4 Å². The van der Waals surface area contributed by atoms with Crippen LogP contribution in [0.2, 0.25) is 0 Å². The standard InChI is InChI=1S/C26H27BrN6O3/c1-30-23-22(24(35)33(26(30)36)16-21(34)17-8-3-2-4-9-17)32(14-18-10-5-6-12-20(18)27)25(29-23)31-13-7-11-19(28)15-31/h2-6,8-10,12,19H,7,11,13-16,28H2,1H3/p+1/t19-/m1/s1. The van der Waals surface area contributed by atoms with Gasteiger partial charge in [0.1, 0.15) is 0 Å². The topological polar surface area (TPSA) is 110 Å². The molecule has 0 radical (unpaired) electrons. The lowest BCUT2D eigenvalue weighted by atomic mass is 10.1. The molecule has 5 rings (SSSR count). The lowest BCUT2D eigenvalue weighted by Crippen LogP contribution is -2.51. The van der Waals surface area contributed by atoms with Crippen LogP contribution in [0.4, 0.5) is 5.95 Å². The van der Waals surface area contributed by atoms with Gasteiger partial charge in [0.15, 0.2) is 5.78 Å². The zero-order valence-electron chi connectivity index (χ0n) is 20.0. The highest BCUT2D eigenvalue weighted by atomic mass is 79.9. The van der Waals surface area contributed by atoms with E-state index in [0.29, 0.717) is 29.8 Å². The van der Waals surface area contributed by atoms with Crippen LogP contribution in [-0.4, -0.2) is 39.0 Å². The summed E-state index contributed by atoms with van der Waals surface area (Å²) in [7, 11) is 1.61. The number of aromatic amines is 1. The molecule has 0 amide bonds. The Balaban J connectivity index is 1.70. The van der Waals surface area contributed by atoms with Crippen LogP contribution in [0.1, 0.15) is 28.8 Å². The van der Waals surface area contributed by atoms with E-state index in [4.69, 9.17) is 5.73 Å². The van der Waals surface area contributed by atoms with E-state index >= 15 is 0 Å². The number of anilines is 1. The normalized spacial score (nSPS) is 16.0. The minimum atomic E-state index is -0.548. The zero-order chi connectivity index (χ0) is 25.4. The van der Waals surface area contributed by atoms with Gasteiger partial charge in [-0.2, -0.15) is 0 Å². The first-order valence-electron chi connectivity index (χ1n) is 11.9. The number of aryl methyl sites for hydroxylation is 1. The molecule has 0 bridgehead atoms. The number of nitrogens with zero attached hydrogens (tertiary/aromatic N) is 4. The molecule has 1 saturated heterocycles. The summed E-state index contributed by atoms with van der Waals surface area (Å²) in [6, 6.07) is 16.5. The van der Waals surface area contributed by atoms with E-state index < -0.39 is 11.2 Å². The number of fused-ring (bicyclic) bond motifs is 1. The van der Waals surface area contributed by atoms with Crippen LogP contribution in [0.5, 0.6) is 0 Å². The summed E-state index contributed by atoms with van der Waals surface area (Å²) in [6.45, 7) is 1.47. The molecule has 0 spiro atoms. The maximum absolute atomic E-state index is 13.8. The second-order valence-corrected chi connectivity index (χ2v) is 10.0. The number of hydrogen-bond acceptors (Lipinski definition) is 5. The number of Topliss-reactive ketones (excluding diaryl/α,β-unsaturated/α-hetero) is 1. The number of carbonyl (C=O) groups excluding carboxylic acids is 1. The first kappa shape index (κ1) is 24.2. The van der Waals surface area contributed by atoms with Gasteiger partial charge in [-0.25, -0.2) is 18.9 Å². The molecule has 9 nitrogen and oxygen atoms in total. The van der Waals surface area contributed by atoms with Gasteiger partial charge in [-0.05, 0) is 18.9 Å².